The number of carbonyl (C=O) groups excluding carboxylic acids is 1. The Bertz CT molecular complexity index is 726. The highest BCUT2D eigenvalue weighted by atomic mass is 16.2. The second-order valence-corrected chi connectivity index (χ2v) is 8.73. The quantitative estimate of drug-likeness (QED) is 0.355. The maximum absolute atomic E-state index is 12.3. The van der Waals surface area contributed by atoms with E-state index in [1.165, 1.54) is 32.1 Å². The van der Waals surface area contributed by atoms with Gasteiger partial charge in [0.1, 0.15) is 0 Å². The van der Waals surface area contributed by atoms with Gasteiger partial charge in [0, 0.05) is 32.2 Å². The molecule has 2 heterocycles. The van der Waals surface area contributed by atoms with Crippen LogP contribution in [0.5, 0.6) is 0 Å². The van der Waals surface area contributed by atoms with Gasteiger partial charge in [0.2, 0.25) is 5.91 Å². The van der Waals surface area contributed by atoms with Crippen LogP contribution in [0.4, 0.5) is 0 Å². The van der Waals surface area contributed by atoms with Crippen LogP contribution in [0.15, 0.2) is 23.0 Å². The van der Waals surface area contributed by atoms with E-state index in [0.717, 1.165) is 56.3 Å². The molecule has 0 saturated heterocycles. The summed E-state index contributed by atoms with van der Waals surface area (Å²) < 4.78 is 1.85. The third kappa shape index (κ3) is 10.8. The van der Waals surface area contributed by atoms with Crippen molar-refractivity contribution in [1.29, 1.82) is 0 Å². The number of amides is 1. The van der Waals surface area contributed by atoms with Crippen LogP contribution in [-0.4, -0.2) is 51.9 Å². The zero-order valence-electron chi connectivity index (χ0n) is 20.1. The molecule has 0 spiro atoms. The molecule has 8 heteroatoms. The predicted octanol–water partition coefficient (Wildman–Crippen LogP) is 4.57. The maximum Gasteiger partial charge on any atom is 0.222 e. The molecular weight excluding hydrogens is 402 g/mol. The number of rotatable bonds is 17. The Morgan fingerprint density at radius 3 is 2.59 bits per heavy atom. The summed E-state index contributed by atoms with van der Waals surface area (Å²) in [5, 5.41) is 12.5. The van der Waals surface area contributed by atoms with Crippen LogP contribution in [0.3, 0.4) is 0 Å². The number of nitrogens with two attached hydrogens (primary N) is 1. The van der Waals surface area contributed by atoms with Crippen LogP contribution in [0.2, 0.25) is 0 Å². The summed E-state index contributed by atoms with van der Waals surface area (Å²) in [6.07, 6.45) is 18.5. The molecule has 1 aliphatic rings. The molecule has 1 aromatic heterocycles. The summed E-state index contributed by atoms with van der Waals surface area (Å²) in [4.78, 5) is 18.4. The van der Waals surface area contributed by atoms with Crippen molar-refractivity contribution < 1.29 is 4.79 Å². The van der Waals surface area contributed by atoms with Crippen molar-refractivity contribution in [2.24, 2.45) is 10.7 Å². The molecule has 0 atom stereocenters. The van der Waals surface area contributed by atoms with Gasteiger partial charge in [-0.1, -0.05) is 63.2 Å². The molecule has 0 radical (unpaired) electrons. The fraction of sp³-hybridized carbons (Fsp3) is 0.750. The number of nitrogens with zero attached hydrogens (tertiary/aromatic N) is 6. The van der Waals surface area contributed by atoms with Crippen LogP contribution in [0.25, 0.3) is 5.32 Å². The number of unbranched alkanes of at least 4 members (excludes halogenated alkanes) is 8. The van der Waals surface area contributed by atoms with Crippen molar-refractivity contribution in [3.05, 3.63) is 29.0 Å². The molecule has 0 aliphatic carbocycles. The summed E-state index contributed by atoms with van der Waals surface area (Å²) in [6.45, 7) is 4.24. The van der Waals surface area contributed by atoms with E-state index in [4.69, 9.17) is 5.73 Å². The van der Waals surface area contributed by atoms with Gasteiger partial charge >= 0.3 is 0 Å². The largest absolute Gasteiger partial charge is 0.454 e. The predicted molar refractivity (Wildman–Crippen MR) is 130 cm³/mol. The Labute approximate surface area is 193 Å². The summed E-state index contributed by atoms with van der Waals surface area (Å²) in [5.41, 5.74) is 7.71. The summed E-state index contributed by atoms with van der Waals surface area (Å²) in [6, 6.07) is 0. The van der Waals surface area contributed by atoms with Crippen LogP contribution < -0.4 is 5.73 Å². The van der Waals surface area contributed by atoms with Crippen molar-refractivity contribution in [3.63, 3.8) is 0 Å². The third-order valence-corrected chi connectivity index (χ3v) is 5.87. The van der Waals surface area contributed by atoms with E-state index in [1.54, 1.807) is 0 Å². The van der Waals surface area contributed by atoms with Crippen molar-refractivity contribution in [2.45, 2.75) is 96.9 Å². The SMILES string of the molecule is CCCCCCCCCC(=O)N(C)CCn1cc(CCCCCC2=CC[N-]C(N)=N2)nn1. The summed E-state index contributed by atoms with van der Waals surface area (Å²) >= 11 is 0. The number of hydrogen-bond donors (Lipinski definition) is 1. The highest BCUT2D eigenvalue weighted by molar-refractivity contribution is 5.92. The lowest BCUT2D eigenvalue weighted by molar-refractivity contribution is -0.130. The molecule has 0 saturated carbocycles. The van der Waals surface area contributed by atoms with Gasteiger partial charge in [-0.2, -0.15) is 0 Å². The number of aliphatic imine (C=N–C) groups is 1. The Balaban J connectivity index is 1.52. The Hall–Kier alpha value is -2.38. The van der Waals surface area contributed by atoms with E-state index in [2.05, 4.69) is 27.5 Å². The molecule has 32 heavy (non-hydrogen) atoms. The second-order valence-electron chi connectivity index (χ2n) is 8.73. The van der Waals surface area contributed by atoms with Crippen LogP contribution in [0.1, 0.15) is 89.7 Å². The molecular formula is C24H42N7O-. The number of carbonyl (C=O) groups is 1. The first kappa shape index (κ1) is 25.9. The molecule has 180 valence electrons. The van der Waals surface area contributed by atoms with Crippen molar-refractivity contribution in [3.8, 4) is 0 Å². The number of likely N-dealkylation sites (N-methyl/N-ethyl adjacent to an activating group) is 1. The van der Waals surface area contributed by atoms with E-state index >= 15 is 0 Å². The number of aryl methyl sites for hydroxylation is 1. The minimum atomic E-state index is 0.228. The second kappa shape index (κ2) is 15.4. The minimum Gasteiger partial charge on any atom is -0.454 e. The fourth-order valence-corrected chi connectivity index (χ4v) is 3.78. The van der Waals surface area contributed by atoms with Crippen LogP contribution in [-0.2, 0) is 17.8 Å². The molecule has 8 nitrogen and oxygen atoms in total. The molecule has 2 N–H and O–H groups in total. The first-order valence-electron chi connectivity index (χ1n) is 12.4. The number of hydrogen-bond acceptors (Lipinski definition) is 5. The zero-order valence-corrected chi connectivity index (χ0v) is 20.1. The van der Waals surface area contributed by atoms with Gasteiger partial charge in [-0.3, -0.25) is 9.48 Å². The lowest BCUT2D eigenvalue weighted by Crippen LogP contribution is -2.30. The third-order valence-electron chi connectivity index (χ3n) is 5.87. The fourth-order valence-electron chi connectivity index (χ4n) is 3.78. The molecule has 0 fully saturated rings. The lowest BCUT2D eigenvalue weighted by atomic mass is 10.1. The normalized spacial score (nSPS) is 13.4. The minimum absolute atomic E-state index is 0.228. The highest BCUT2D eigenvalue weighted by Gasteiger charge is 2.09. The van der Waals surface area contributed by atoms with Crippen LogP contribution in [0, 0.1) is 0 Å². The summed E-state index contributed by atoms with van der Waals surface area (Å²) in [7, 11) is 1.88. The smallest absolute Gasteiger partial charge is 0.222 e. The van der Waals surface area contributed by atoms with Crippen molar-refractivity contribution in [2.75, 3.05) is 20.1 Å². The summed E-state index contributed by atoms with van der Waals surface area (Å²) in [5.74, 6) is 0.621. The standard InChI is InChI=1S/C24H42N7O/c1-3-4-5-6-7-8-12-15-23(32)30(2)18-19-31-20-22(28-29-31)14-11-9-10-13-21-16-17-26-24(25)27-21/h16,20H,3-15,17-19H2,1-2H3,(H2-,25,26,27)/q-1. The van der Waals surface area contributed by atoms with Crippen LogP contribution >= 0.6 is 0 Å². The zero-order chi connectivity index (χ0) is 23.0. The topological polar surface area (TPSA) is 104 Å². The van der Waals surface area contributed by atoms with Crippen molar-refractivity contribution >= 4 is 11.9 Å². The molecule has 0 aromatic carbocycles. The molecule has 2 rings (SSSR count). The average molecular weight is 445 g/mol. The molecule has 1 amide bonds. The average Bonchev–Trinajstić information content (AvgIpc) is 3.24. The first-order valence-corrected chi connectivity index (χ1v) is 12.4. The lowest BCUT2D eigenvalue weighted by Gasteiger charge is -2.18. The Morgan fingerprint density at radius 1 is 1.09 bits per heavy atom. The molecule has 1 aliphatic heterocycles. The van der Waals surface area contributed by atoms with Crippen molar-refractivity contribution in [1.82, 2.24) is 19.9 Å². The van der Waals surface area contributed by atoms with Gasteiger partial charge in [0.25, 0.3) is 0 Å². The number of aromatic nitrogens is 3. The van der Waals surface area contributed by atoms with Gasteiger partial charge in [0.05, 0.1) is 12.2 Å². The van der Waals surface area contributed by atoms with Gasteiger partial charge in [-0.25, -0.2) is 0 Å². The number of allylic oxidation sites excluding steroid dienone is 1. The van der Waals surface area contributed by atoms with E-state index in [1.807, 2.05) is 28.9 Å². The van der Waals surface area contributed by atoms with Gasteiger partial charge in [-0.15, -0.1) is 5.10 Å². The first-order chi connectivity index (χ1) is 15.6. The van der Waals surface area contributed by atoms with Gasteiger partial charge in [0.15, 0.2) is 0 Å². The highest BCUT2D eigenvalue weighted by Crippen LogP contribution is 2.15. The molecule has 0 unspecified atom stereocenters. The molecule has 0 bridgehead atoms. The van der Waals surface area contributed by atoms with Gasteiger partial charge in [-0.05, 0) is 44.3 Å². The van der Waals surface area contributed by atoms with E-state index in [-0.39, 0.29) is 5.91 Å². The number of guanidine groups is 1. The van der Waals surface area contributed by atoms with E-state index < -0.39 is 0 Å². The monoisotopic (exact) mass is 444 g/mol. The molecule has 1 aromatic rings. The maximum atomic E-state index is 12.3. The van der Waals surface area contributed by atoms with E-state index in [0.29, 0.717) is 32.0 Å². The Morgan fingerprint density at radius 2 is 1.81 bits per heavy atom. The van der Waals surface area contributed by atoms with Gasteiger partial charge < -0.3 is 20.9 Å². The van der Waals surface area contributed by atoms with E-state index in [9.17, 15) is 4.79 Å². The Kier molecular flexibility index (Phi) is 12.5.